The third kappa shape index (κ3) is 3.56. The maximum atomic E-state index is 12.4. The van der Waals surface area contributed by atoms with Gasteiger partial charge in [-0.05, 0) is 18.2 Å². The van der Waals surface area contributed by atoms with Crippen LogP contribution in [0.25, 0.3) is 0 Å². The van der Waals surface area contributed by atoms with E-state index in [2.05, 4.69) is 15.0 Å². The van der Waals surface area contributed by atoms with E-state index in [-0.39, 0.29) is 15.6 Å². The van der Waals surface area contributed by atoms with E-state index in [9.17, 15) is 8.42 Å². The van der Waals surface area contributed by atoms with Crippen molar-refractivity contribution >= 4 is 33.1 Å². The molecule has 0 amide bonds. The summed E-state index contributed by atoms with van der Waals surface area (Å²) in [5.41, 5.74) is 0.249. The van der Waals surface area contributed by atoms with Gasteiger partial charge in [0.15, 0.2) is 0 Å². The molecule has 8 heteroatoms. The number of pyridine rings is 1. The van der Waals surface area contributed by atoms with Crippen LogP contribution >= 0.6 is 11.6 Å². The first-order valence-electron chi connectivity index (χ1n) is 5.96. The number of nitrogens with zero attached hydrogens (tertiary/aromatic N) is 1. The van der Waals surface area contributed by atoms with Crippen LogP contribution in [0.15, 0.2) is 41.4 Å². The van der Waals surface area contributed by atoms with Crippen LogP contribution in [0.3, 0.4) is 0 Å². The van der Waals surface area contributed by atoms with E-state index in [0.717, 1.165) is 0 Å². The molecule has 0 aliphatic rings. The lowest BCUT2D eigenvalue weighted by Gasteiger charge is -2.11. The molecule has 112 valence electrons. The highest BCUT2D eigenvalue weighted by Gasteiger charge is 2.17. The Morgan fingerprint density at radius 1 is 1.24 bits per heavy atom. The average molecular weight is 328 g/mol. The minimum atomic E-state index is -3.76. The van der Waals surface area contributed by atoms with Gasteiger partial charge in [-0.3, -0.25) is 4.72 Å². The summed E-state index contributed by atoms with van der Waals surface area (Å²) in [5, 5.41) is 3.06. The molecule has 0 radical (unpaired) electrons. The molecule has 1 heterocycles. The SMILES string of the molecule is CNc1cc(S(=O)(=O)Nc2cc(OC)ccc2Cl)ccn1. The second kappa shape index (κ2) is 6.19. The Kier molecular flexibility index (Phi) is 4.54. The molecule has 0 saturated heterocycles. The van der Waals surface area contributed by atoms with Gasteiger partial charge in [0.2, 0.25) is 0 Å². The molecule has 0 fully saturated rings. The van der Waals surface area contributed by atoms with Gasteiger partial charge >= 0.3 is 0 Å². The number of nitrogens with one attached hydrogen (secondary N) is 2. The van der Waals surface area contributed by atoms with Crippen LogP contribution in [-0.4, -0.2) is 27.6 Å². The number of anilines is 2. The fraction of sp³-hybridized carbons (Fsp3) is 0.154. The highest BCUT2D eigenvalue weighted by atomic mass is 35.5. The topological polar surface area (TPSA) is 80.3 Å². The number of sulfonamides is 1. The van der Waals surface area contributed by atoms with Crippen molar-refractivity contribution in [3.63, 3.8) is 0 Å². The van der Waals surface area contributed by atoms with Crippen molar-refractivity contribution in [1.82, 2.24) is 4.98 Å². The van der Waals surface area contributed by atoms with Gasteiger partial charge in [-0.25, -0.2) is 13.4 Å². The Bertz CT molecular complexity index is 750. The fourth-order valence-corrected chi connectivity index (χ4v) is 2.93. The molecule has 21 heavy (non-hydrogen) atoms. The smallest absolute Gasteiger partial charge is 0.262 e. The van der Waals surface area contributed by atoms with E-state index >= 15 is 0 Å². The number of rotatable bonds is 5. The zero-order chi connectivity index (χ0) is 15.5. The third-order valence-electron chi connectivity index (χ3n) is 2.72. The summed E-state index contributed by atoms with van der Waals surface area (Å²) in [6, 6.07) is 7.54. The monoisotopic (exact) mass is 327 g/mol. The lowest BCUT2D eigenvalue weighted by Crippen LogP contribution is -2.13. The van der Waals surface area contributed by atoms with Gasteiger partial charge in [0, 0.05) is 25.4 Å². The Balaban J connectivity index is 2.37. The van der Waals surface area contributed by atoms with Gasteiger partial charge in [0.1, 0.15) is 11.6 Å². The second-order valence-electron chi connectivity index (χ2n) is 4.08. The van der Waals surface area contributed by atoms with Gasteiger partial charge < -0.3 is 10.1 Å². The van der Waals surface area contributed by atoms with E-state index in [0.29, 0.717) is 11.6 Å². The number of aromatic nitrogens is 1. The Morgan fingerprint density at radius 3 is 2.67 bits per heavy atom. The van der Waals surface area contributed by atoms with Gasteiger partial charge in [0.05, 0.1) is 22.7 Å². The van der Waals surface area contributed by atoms with Crippen LogP contribution in [-0.2, 0) is 10.0 Å². The van der Waals surface area contributed by atoms with Crippen molar-refractivity contribution < 1.29 is 13.2 Å². The number of ether oxygens (including phenoxy) is 1. The highest BCUT2D eigenvalue weighted by molar-refractivity contribution is 7.92. The molecule has 2 N–H and O–H groups in total. The van der Waals surface area contributed by atoms with Gasteiger partial charge in [-0.2, -0.15) is 0 Å². The third-order valence-corrected chi connectivity index (χ3v) is 4.41. The minimum absolute atomic E-state index is 0.0840. The van der Waals surface area contributed by atoms with Crippen LogP contribution in [0.2, 0.25) is 5.02 Å². The Morgan fingerprint density at radius 2 is 2.00 bits per heavy atom. The predicted molar refractivity (Wildman–Crippen MR) is 82.6 cm³/mol. The first kappa shape index (κ1) is 15.4. The fourth-order valence-electron chi connectivity index (χ4n) is 1.63. The molecule has 6 nitrogen and oxygen atoms in total. The van der Waals surface area contributed by atoms with Gasteiger partial charge in [-0.1, -0.05) is 11.6 Å². The Hall–Kier alpha value is -1.99. The number of halogens is 1. The summed E-state index contributed by atoms with van der Waals surface area (Å²) >= 11 is 6.00. The maximum absolute atomic E-state index is 12.4. The molecule has 0 aliphatic carbocycles. The molecule has 0 saturated carbocycles. The summed E-state index contributed by atoms with van der Waals surface area (Å²) in [6.07, 6.45) is 1.41. The van der Waals surface area contributed by atoms with Crippen LogP contribution in [0.5, 0.6) is 5.75 Å². The van der Waals surface area contributed by atoms with Gasteiger partial charge in [-0.15, -0.1) is 0 Å². The van der Waals surface area contributed by atoms with Gasteiger partial charge in [0.25, 0.3) is 10.0 Å². The van der Waals surface area contributed by atoms with E-state index in [1.54, 1.807) is 19.2 Å². The normalized spacial score (nSPS) is 11.0. The van der Waals surface area contributed by atoms with Crippen molar-refractivity contribution in [1.29, 1.82) is 0 Å². The largest absolute Gasteiger partial charge is 0.497 e. The molecule has 0 bridgehead atoms. The van der Waals surface area contributed by atoms with Crippen molar-refractivity contribution in [3.8, 4) is 5.75 Å². The molecule has 0 spiro atoms. The predicted octanol–water partition coefficient (Wildman–Crippen LogP) is 2.59. The molecular weight excluding hydrogens is 314 g/mol. The van der Waals surface area contributed by atoms with E-state index in [1.165, 1.54) is 31.5 Å². The van der Waals surface area contributed by atoms with Crippen molar-refractivity contribution in [3.05, 3.63) is 41.6 Å². The lowest BCUT2D eigenvalue weighted by molar-refractivity contribution is 0.415. The summed E-state index contributed by atoms with van der Waals surface area (Å²) in [5.74, 6) is 0.956. The van der Waals surface area contributed by atoms with E-state index < -0.39 is 10.0 Å². The van der Waals surface area contributed by atoms with E-state index in [1.807, 2.05) is 0 Å². The first-order chi connectivity index (χ1) is 9.96. The Labute approximate surface area is 128 Å². The maximum Gasteiger partial charge on any atom is 0.262 e. The first-order valence-corrected chi connectivity index (χ1v) is 7.82. The summed E-state index contributed by atoms with van der Waals surface area (Å²) in [4.78, 5) is 4.06. The standard InChI is InChI=1S/C13H14ClN3O3S/c1-15-13-8-10(5-6-16-13)21(18,19)17-12-7-9(20-2)3-4-11(12)14/h3-8,17H,1-2H3,(H,15,16). The van der Waals surface area contributed by atoms with Crippen molar-refractivity contribution in [2.45, 2.75) is 4.90 Å². The van der Waals surface area contributed by atoms with Crippen LogP contribution in [0.4, 0.5) is 11.5 Å². The van der Waals surface area contributed by atoms with Crippen LogP contribution in [0.1, 0.15) is 0 Å². The zero-order valence-corrected chi connectivity index (χ0v) is 13.0. The molecule has 0 atom stereocenters. The zero-order valence-electron chi connectivity index (χ0n) is 11.4. The van der Waals surface area contributed by atoms with Crippen LogP contribution < -0.4 is 14.8 Å². The molecule has 1 aromatic carbocycles. The molecule has 2 rings (SSSR count). The van der Waals surface area contributed by atoms with Crippen LogP contribution in [0, 0.1) is 0 Å². The molecule has 1 aromatic heterocycles. The molecule has 0 unspecified atom stereocenters. The number of hydrogen-bond donors (Lipinski definition) is 2. The molecule has 0 aliphatic heterocycles. The molecule has 2 aromatic rings. The summed E-state index contributed by atoms with van der Waals surface area (Å²) in [6.45, 7) is 0. The second-order valence-corrected chi connectivity index (χ2v) is 6.17. The average Bonchev–Trinajstić information content (AvgIpc) is 2.49. The highest BCUT2D eigenvalue weighted by Crippen LogP contribution is 2.29. The summed E-state index contributed by atoms with van der Waals surface area (Å²) in [7, 11) is -0.616. The number of benzene rings is 1. The summed E-state index contributed by atoms with van der Waals surface area (Å²) < 4.78 is 32.2. The number of methoxy groups -OCH3 is 1. The van der Waals surface area contributed by atoms with Crippen molar-refractivity contribution in [2.75, 3.05) is 24.2 Å². The number of hydrogen-bond acceptors (Lipinski definition) is 5. The minimum Gasteiger partial charge on any atom is -0.497 e. The van der Waals surface area contributed by atoms with Crippen molar-refractivity contribution in [2.24, 2.45) is 0 Å². The molecular formula is C13H14ClN3O3S. The quantitative estimate of drug-likeness (QED) is 0.882. The van der Waals surface area contributed by atoms with E-state index in [4.69, 9.17) is 16.3 Å². The lowest BCUT2D eigenvalue weighted by atomic mass is 10.3.